The quantitative estimate of drug-likeness (QED) is 0.635. The zero-order valence-corrected chi connectivity index (χ0v) is 13.0. The molecule has 4 heteroatoms. The van der Waals surface area contributed by atoms with Crippen LogP contribution in [0, 0.1) is 0 Å². The van der Waals surface area contributed by atoms with E-state index in [1.807, 2.05) is 65.8 Å². The van der Waals surface area contributed by atoms with Gasteiger partial charge in [0.15, 0.2) is 6.73 Å². The minimum atomic E-state index is 0.544. The van der Waals surface area contributed by atoms with Crippen LogP contribution in [-0.4, -0.2) is 4.57 Å². The van der Waals surface area contributed by atoms with Gasteiger partial charge in [-0.2, -0.15) is 0 Å². The zero-order valence-electron chi connectivity index (χ0n) is 12.2. The molecule has 3 rings (SSSR count). The van der Waals surface area contributed by atoms with Gasteiger partial charge in [0.05, 0.1) is 6.61 Å². The minimum Gasteiger partial charge on any atom is -0.337 e. The Kier molecular flexibility index (Phi) is 4.88. The number of benzene rings is 2. The predicted molar refractivity (Wildman–Crippen MR) is 86.4 cm³/mol. The average Bonchev–Trinajstić information content (AvgIpc) is 2.98. The second-order valence-electron chi connectivity index (χ2n) is 5.19. The van der Waals surface area contributed by atoms with Crippen molar-refractivity contribution in [3.05, 3.63) is 89.5 Å². The molecule has 0 bridgehead atoms. The van der Waals surface area contributed by atoms with Gasteiger partial charge in [0.25, 0.3) is 0 Å². The third-order valence-corrected chi connectivity index (χ3v) is 3.63. The topological polar surface area (TPSA) is 18.0 Å². The fourth-order valence-electron chi connectivity index (χ4n) is 2.25. The van der Waals surface area contributed by atoms with Crippen molar-refractivity contribution in [3.8, 4) is 0 Å². The van der Waals surface area contributed by atoms with Crippen molar-refractivity contribution in [2.45, 2.75) is 19.9 Å². The van der Waals surface area contributed by atoms with Crippen molar-refractivity contribution in [1.29, 1.82) is 0 Å². The predicted octanol–water partition coefficient (Wildman–Crippen LogP) is 3.65. The van der Waals surface area contributed by atoms with E-state index in [4.69, 9.17) is 16.3 Å². The molecule has 0 radical (unpaired) electrons. The molecule has 2 aromatic carbocycles. The summed E-state index contributed by atoms with van der Waals surface area (Å²) >= 11 is 5.90. The third-order valence-electron chi connectivity index (χ3n) is 3.38. The third kappa shape index (κ3) is 4.20. The molecule has 0 saturated heterocycles. The lowest BCUT2D eigenvalue weighted by molar-refractivity contribution is -0.688. The van der Waals surface area contributed by atoms with E-state index in [9.17, 15) is 0 Å². The molecule has 1 aromatic heterocycles. The molecule has 0 aliphatic rings. The summed E-state index contributed by atoms with van der Waals surface area (Å²) in [4.78, 5) is 0. The van der Waals surface area contributed by atoms with Crippen LogP contribution in [0.1, 0.15) is 11.1 Å². The highest BCUT2D eigenvalue weighted by Gasteiger charge is 2.05. The molecular formula is C18H18ClN2O+. The molecule has 0 amide bonds. The van der Waals surface area contributed by atoms with Crippen molar-refractivity contribution in [2.24, 2.45) is 0 Å². The van der Waals surface area contributed by atoms with Crippen LogP contribution in [-0.2, 0) is 24.6 Å². The number of rotatable bonds is 6. The second kappa shape index (κ2) is 7.25. The molecule has 1 heterocycles. The van der Waals surface area contributed by atoms with Gasteiger partial charge in [-0.15, -0.1) is 0 Å². The lowest BCUT2D eigenvalue weighted by Gasteiger charge is -2.01. The fraction of sp³-hybridized carbons (Fsp3) is 0.167. The summed E-state index contributed by atoms with van der Waals surface area (Å²) in [5.74, 6) is 0. The van der Waals surface area contributed by atoms with Crippen LogP contribution in [0.3, 0.4) is 0 Å². The van der Waals surface area contributed by atoms with Crippen molar-refractivity contribution in [2.75, 3.05) is 0 Å². The van der Waals surface area contributed by atoms with Crippen LogP contribution in [0.5, 0.6) is 0 Å². The summed E-state index contributed by atoms with van der Waals surface area (Å²) < 4.78 is 9.86. The molecule has 0 aliphatic carbocycles. The molecular weight excluding hydrogens is 296 g/mol. The van der Waals surface area contributed by atoms with Gasteiger partial charge < -0.3 is 4.74 Å². The summed E-state index contributed by atoms with van der Waals surface area (Å²) in [7, 11) is 0. The Morgan fingerprint density at radius 2 is 1.73 bits per heavy atom. The second-order valence-corrected chi connectivity index (χ2v) is 5.63. The Labute approximate surface area is 135 Å². The van der Waals surface area contributed by atoms with Gasteiger partial charge in [-0.1, -0.05) is 54.1 Å². The maximum absolute atomic E-state index is 5.90. The van der Waals surface area contributed by atoms with E-state index >= 15 is 0 Å². The van der Waals surface area contributed by atoms with E-state index in [2.05, 4.69) is 16.7 Å². The highest BCUT2D eigenvalue weighted by molar-refractivity contribution is 6.30. The standard InChI is InChI=1S/C18H18ClN2O/c19-18-8-6-16(7-9-18)12-20-10-11-21(14-20)15-22-13-17-4-2-1-3-5-17/h1-11,14H,12-13,15H2/q+1. The SMILES string of the molecule is Clc1ccc(C[n+]2ccn(COCc3ccccc3)c2)cc1. The Hall–Kier alpha value is -2.10. The van der Waals surface area contributed by atoms with Crippen molar-refractivity contribution in [1.82, 2.24) is 4.57 Å². The Morgan fingerprint density at radius 3 is 2.50 bits per heavy atom. The molecule has 0 saturated carbocycles. The van der Waals surface area contributed by atoms with E-state index in [0.29, 0.717) is 13.3 Å². The van der Waals surface area contributed by atoms with E-state index in [-0.39, 0.29) is 0 Å². The Bertz CT molecular complexity index is 707. The van der Waals surface area contributed by atoms with Crippen LogP contribution in [0.15, 0.2) is 73.3 Å². The van der Waals surface area contributed by atoms with E-state index in [0.717, 1.165) is 11.6 Å². The number of hydrogen-bond acceptors (Lipinski definition) is 1. The van der Waals surface area contributed by atoms with Crippen molar-refractivity contribution in [3.63, 3.8) is 0 Å². The van der Waals surface area contributed by atoms with Gasteiger partial charge in [-0.05, 0) is 23.3 Å². The number of ether oxygens (including phenoxy) is 1. The van der Waals surface area contributed by atoms with Gasteiger partial charge in [0.1, 0.15) is 18.9 Å². The molecule has 0 fully saturated rings. The lowest BCUT2D eigenvalue weighted by atomic mass is 10.2. The van der Waals surface area contributed by atoms with Crippen LogP contribution in [0.2, 0.25) is 5.02 Å². The van der Waals surface area contributed by atoms with Gasteiger partial charge in [0, 0.05) is 5.02 Å². The molecule has 112 valence electrons. The van der Waals surface area contributed by atoms with Gasteiger partial charge in [-0.25, -0.2) is 9.13 Å². The number of hydrogen-bond donors (Lipinski definition) is 0. The summed E-state index contributed by atoms with van der Waals surface area (Å²) in [6.45, 7) is 1.99. The van der Waals surface area contributed by atoms with Gasteiger partial charge >= 0.3 is 0 Å². The highest BCUT2D eigenvalue weighted by atomic mass is 35.5. The minimum absolute atomic E-state index is 0.544. The van der Waals surface area contributed by atoms with Crippen LogP contribution in [0.4, 0.5) is 0 Å². The smallest absolute Gasteiger partial charge is 0.245 e. The zero-order chi connectivity index (χ0) is 15.2. The van der Waals surface area contributed by atoms with E-state index < -0.39 is 0 Å². The van der Waals surface area contributed by atoms with Crippen molar-refractivity contribution < 1.29 is 9.30 Å². The number of nitrogens with zero attached hydrogens (tertiary/aromatic N) is 2. The van der Waals surface area contributed by atoms with E-state index in [1.165, 1.54) is 11.1 Å². The number of aromatic nitrogens is 2. The lowest BCUT2D eigenvalue weighted by Crippen LogP contribution is -2.31. The molecule has 0 spiro atoms. The first-order valence-corrected chi connectivity index (χ1v) is 7.58. The number of imidazole rings is 1. The molecule has 0 atom stereocenters. The van der Waals surface area contributed by atoms with Crippen LogP contribution in [0.25, 0.3) is 0 Å². The number of halogens is 1. The first-order chi connectivity index (χ1) is 10.8. The Balaban J connectivity index is 1.51. The Morgan fingerprint density at radius 1 is 0.955 bits per heavy atom. The maximum Gasteiger partial charge on any atom is 0.245 e. The summed E-state index contributed by atoms with van der Waals surface area (Å²) in [5, 5.41) is 0.764. The van der Waals surface area contributed by atoms with Gasteiger partial charge in [0.2, 0.25) is 6.33 Å². The highest BCUT2D eigenvalue weighted by Crippen LogP contribution is 2.09. The monoisotopic (exact) mass is 313 g/mol. The maximum atomic E-state index is 5.90. The molecule has 0 unspecified atom stereocenters. The largest absolute Gasteiger partial charge is 0.337 e. The molecule has 0 N–H and O–H groups in total. The van der Waals surface area contributed by atoms with Gasteiger partial charge in [-0.3, -0.25) is 0 Å². The molecule has 3 aromatic rings. The molecule has 22 heavy (non-hydrogen) atoms. The van der Waals surface area contributed by atoms with Crippen molar-refractivity contribution >= 4 is 11.6 Å². The average molecular weight is 314 g/mol. The summed E-state index contributed by atoms with van der Waals surface area (Å²) in [5.41, 5.74) is 2.40. The normalized spacial score (nSPS) is 10.8. The van der Waals surface area contributed by atoms with Crippen LogP contribution >= 0.6 is 11.6 Å². The summed E-state index contributed by atoms with van der Waals surface area (Å²) in [6, 6.07) is 18.1. The first kappa shape index (κ1) is 14.8. The molecule has 0 aliphatic heterocycles. The van der Waals surface area contributed by atoms with E-state index in [1.54, 1.807) is 0 Å². The summed E-state index contributed by atoms with van der Waals surface area (Å²) in [6.07, 6.45) is 6.10. The molecule has 3 nitrogen and oxygen atoms in total. The van der Waals surface area contributed by atoms with Crippen LogP contribution < -0.4 is 4.57 Å². The first-order valence-electron chi connectivity index (χ1n) is 7.20. The fourth-order valence-corrected chi connectivity index (χ4v) is 2.38.